The van der Waals surface area contributed by atoms with Crippen molar-refractivity contribution in [2.75, 3.05) is 19.0 Å². The van der Waals surface area contributed by atoms with Crippen LogP contribution in [0.25, 0.3) is 0 Å². The summed E-state index contributed by atoms with van der Waals surface area (Å²) in [7, 11) is 1.99. The Morgan fingerprint density at radius 3 is 2.46 bits per heavy atom. The number of alkyl halides is 1. The number of hydrogen-bond acceptors (Lipinski definition) is 2. The SMILES string of the molecule is CC(C)CN(CC(=O)N(Cc1cccn1C)C1CC1)C(=O)C(C)(C)CCl. The van der Waals surface area contributed by atoms with Crippen LogP contribution in [0, 0.1) is 11.3 Å². The highest BCUT2D eigenvalue weighted by Crippen LogP contribution is 2.29. The van der Waals surface area contributed by atoms with E-state index in [-0.39, 0.29) is 24.2 Å². The molecule has 1 heterocycles. The Kier molecular flexibility index (Phi) is 6.78. The first-order valence-electron chi connectivity index (χ1n) is 9.40. The van der Waals surface area contributed by atoms with Gasteiger partial charge < -0.3 is 14.4 Å². The number of rotatable bonds is 9. The van der Waals surface area contributed by atoms with E-state index >= 15 is 0 Å². The van der Waals surface area contributed by atoms with Crippen LogP contribution in [0.1, 0.15) is 46.2 Å². The van der Waals surface area contributed by atoms with Crippen molar-refractivity contribution in [2.24, 2.45) is 18.4 Å². The van der Waals surface area contributed by atoms with Crippen LogP contribution >= 0.6 is 11.6 Å². The van der Waals surface area contributed by atoms with Gasteiger partial charge in [0.25, 0.3) is 0 Å². The highest BCUT2D eigenvalue weighted by Gasteiger charge is 2.37. The van der Waals surface area contributed by atoms with E-state index in [9.17, 15) is 9.59 Å². The minimum atomic E-state index is -0.667. The second-order valence-corrected chi connectivity index (χ2v) is 8.73. The summed E-state index contributed by atoms with van der Waals surface area (Å²) in [5.74, 6) is 0.502. The lowest BCUT2D eigenvalue weighted by Crippen LogP contribution is -2.49. The number of carbonyl (C=O) groups is 2. The summed E-state index contributed by atoms with van der Waals surface area (Å²) in [4.78, 5) is 29.6. The first-order chi connectivity index (χ1) is 12.2. The molecule has 2 amide bonds. The average Bonchev–Trinajstić information content (AvgIpc) is 3.33. The Bertz CT molecular complexity index is 635. The number of amides is 2. The van der Waals surface area contributed by atoms with Crippen molar-refractivity contribution in [3.8, 4) is 0 Å². The summed E-state index contributed by atoms with van der Waals surface area (Å²) in [5, 5.41) is 0. The minimum Gasteiger partial charge on any atom is -0.353 e. The van der Waals surface area contributed by atoms with Gasteiger partial charge in [0.1, 0.15) is 0 Å². The Morgan fingerprint density at radius 1 is 1.35 bits per heavy atom. The van der Waals surface area contributed by atoms with E-state index in [1.165, 1.54) is 0 Å². The summed E-state index contributed by atoms with van der Waals surface area (Å²) >= 11 is 5.99. The van der Waals surface area contributed by atoms with Gasteiger partial charge in [0.2, 0.25) is 11.8 Å². The number of aromatic nitrogens is 1. The zero-order valence-corrected chi connectivity index (χ0v) is 17.4. The Labute approximate surface area is 162 Å². The van der Waals surface area contributed by atoms with Gasteiger partial charge in [-0.2, -0.15) is 0 Å². The number of nitrogens with zero attached hydrogens (tertiary/aromatic N) is 3. The van der Waals surface area contributed by atoms with Crippen LogP contribution in [0.15, 0.2) is 18.3 Å². The van der Waals surface area contributed by atoms with E-state index in [2.05, 4.69) is 13.8 Å². The zero-order chi connectivity index (χ0) is 19.5. The molecule has 1 fully saturated rings. The van der Waals surface area contributed by atoms with Crippen molar-refractivity contribution in [1.29, 1.82) is 0 Å². The maximum atomic E-state index is 13.1. The molecule has 0 saturated heterocycles. The van der Waals surface area contributed by atoms with Gasteiger partial charge >= 0.3 is 0 Å². The van der Waals surface area contributed by atoms with E-state index in [1.54, 1.807) is 4.90 Å². The Morgan fingerprint density at radius 2 is 2.00 bits per heavy atom. The lowest BCUT2D eigenvalue weighted by Gasteiger charge is -2.33. The van der Waals surface area contributed by atoms with E-state index in [0.717, 1.165) is 18.5 Å². The van der Waals surface area contributed by atoms with Crippen molar-refractivity contribution in [2.45, 2.75) is 53.1 Å². The molecule has 1 saturated carbocycles. The molecule has 0 aliphatic heterocycles. The van der Waals surface area contributed by atoms with Crippen molar-refractivity contribution in [3.63, 3.8) is 0 Å². The molecule has 1 aromatic rings. The van der Waals surface area contributed by atoms with Crippen molar-refractivity contribution < 1.29 is 9.59 Å². The molecule has 6 heteroatoms. The van der Waals surface area contributed by atoms with Crippen molar-refractivity contribution >= 4 is 23.4 Å². The molecule has 1 aliphatic rings. The molecule has 26 heavy (non-hydrogen) atoms. The van der Waals surface area contributed by atoms with Gasteiger partial charge in [0.05, 0.1) is 18.5 Å². The summed E-state index contributed by atoms with van der Waals surface area (Å²) in [6.45, 7) is 9.06. The second-order valence-electron chi connectivity index (χ2n) is 8.46. The van der Waals surface area contributed by atoms with Gasteiger partial charge in [0, 0.05) is 37.4 Å². The highest BCUT2D eigenvalue weighted by molar-refractivity contribution is 6.19. The monoisotopic (exact) mass is 381 g/mol. The van der Waals surface area contributed by atoms with Crippen LogP contribution < -0.4 is 0 Å². The maximum Gasteiger partial charge on any atom is 0.242 e. The predicted molar refractivity (Wildman–Crippen MR) is 105 cm³/mol. The Hall–Kier alpha value is -1.49. The van der Waals surface area contributed by atoms with Crippen molar-refractivity contribution in [3.05, 3.63) is 24.0 Å². The predicted octanol–water partition coefficient (Wildman–Crippen LogP) is 3.27. The lowest BCUT2D eigenvalue weighted by atomic mass is 9.94. The fraction of sp³-hybridized carbons (Fsp3) is 0.700. The standard InChI is InChI=1S/C20H32ClN3O2/c1-15(2)11-23(19(26)20(3,4)14-21)13-18(25)24(16-8-9-16)12-17-7-6-10-22(17)5/h6-7,10,15-16H,8-9,11-14H2,1-5H3. The van der Waals surface area contributed by atoms with Gasteiger partial charge in [-0.15, -0.1) is 11.6 Å². The van der Waals surface area contributed by atoms with Gasteiger partial charge in [-0.3, -0.25) is 9.59 Å². The fourth-order valence-electron chi connectivity index (χ4n) is 3.04. The van der Waals surface area contributed by atoms with E-state index in [1.807, 2.05) is 48.7 Å². The largest absolute Gasteiger partial charge is 0.353 e. The van der Waals surface area contributed by atoms with Crippen LogP contribution in [0.5, 0.6) is 0 Å². The van der Waals surface area contributed by atoms with E-state index < -0.39 is 5.41 Å². The molecule has 1 aliphatic carbocycles. The smallest absolute Gasteiger partial charge is 0.242 e. The molecule has 2 rings (SSSR count). The summed E-state index contributed by atoms with van der Waals surface area (Å²) in [6.07, 6.45) is 4.07. The molecule has 0 radical (unpaired) electrons. The molecule has 146 valence electrons. The molecule has 0 unspecified atom stereocenters. The average molecular weight is 382 g/mol. The van der Waals surface area contributed by atoms with Crippen LogP contribution in [0.4, 0.5) is 0 Å². The molecular formula is C20H32ClN3O2. The summed E-state index contributed by atoms with van der Waals surface area (Å²) < 4.78 is 2.04. The van der Waals surface area contributed by atoms with Crippen LogP contribution in [-0.2, 0) is 23.2 Å². The molecule has 0 bridgehead atoms. The second kappa shape index (κ2) is 8.47. The quantitative estimate of drug-likeness (QED) is 0.616. The van der Waals surface area contributed by atoms with Gasteiger partial charge in [-0.1, -0.05) is 13.8 Å². The number of hydrogen-bond donors (Lipinski definition) is 0. The highest BCUT2D eigenvalue weighted by atomic mass is 35.5. The Balaban J connectivity index is 2.12. The third-order valence-corrected chi connectivity index (χ3v) is 5.47. The topological polar surface area (TPSA) is 45.6 Å². The molecule has 0 N–H and O–H groups in total. The molecule has 5 nitrogen and oxygen atoms in total. The number of halogens is 1. The normalized spacial score (nSPS) is 14.6. The maximum absolute atomic E-state index is 13.1. The summed E-state index contributed by atoms with van der Waals surface area (Å²) in [5.41, 5.74) is 0.437. The third kappa shape index (κ3) is 5.26. The molecule has 0 atom stereocenters. The first-order valence-corrected chi connectivity index (χ1v) is 9.94. The minimum absolute atomic E-state index is 0.0214. The van der Waals surface area contributed by atoms with Gasteiger partial charge in [-0.25, -0.2) is 0 Å². The van der Waals surface area contributed by atoms with E-state index in [4.69, 9.17) is 11.6 Å². The van der Waals surface area contributed by atoms with Crippen molar-refractivity contribution in [1.82, 2.24) is 14.4 Å². The summed E-state index contributed by atoms with van der Waals surface area (Å²) in [6, 6.07) is 4.33. The van der Waals surface area contributed by atoms with Crippen LogP contribution in [0.2, 0.25) is 0 Å². The molecule has 0 spiro atoms. The number of aryl methyl sites for hydroxylation is 1. The van der Waals surface area contributed by atoms with Gasteiger partial charge in [-0.05, 0) is 44.7 Å². The molecule has 0 aromatic carbocycles. The van der Waals surface area contributed by atoms with Gasteiger partial charge in [0.15, 0.2) is 0 Å². The molecule has 1 aromatic heterocycles. The zero-order valence-electron chi connectivity index (χ0n) is 16.7. The van der Waals surface area contributed by atoms with Crippen LogP contribution in [0.3, 0.4) is 0 Å². The van der Waals surface area contributed by atoms with Crippen LogP contribution in [-0.4, -0.2) is 51.2 Å². The number of carbonyl (C=O) groups excluding carboxylic acids is 2. The fourth-order valence-corrected chi connectivity index (χ4v) is 3.16. The third-order valence-electron chi connectivity index (χ3n) is 4.80. The first kappa shape index (κ1) is 20.8. The van der Waals surface area contributed by atoms with E-state index in [0.29, 0.717) is 25.0 Å². The lowest BCUT2D eigenvalue weighted by molar-refractivity contribution is -0.146. The molecular weight excluding hydrogens is 350 g/mol.